The van der Waals surface area contributed by atoms with E-state index in [4.69, 9.17) is 16.3 Å². The van der Waals surface area contributed by atoms with Gasteiger partial charge in [-0.25, -0.2) is 0 Å². The van der Waals surface area contributed by atoms with Crippen molar-refractivity contribution in [2.24, 2.45) is 0 Å². The summed E-state index contributed by atoms with van der Waals surface area (Å²) in [6.07, 6.45) is 0. The van der Waals surface area contributed by atoms with Crippen molar-refractivity contribution in [2.75, 3.05) is 20.7 Å². The molecule has 0 bridgehead atoms. The first-order valence-corrected chi connectivity index (χ1v) is 8.93. The van der Waals surface area contributed by atoms with E-state index in [1.54, 1.807) is 11.4 Å². The monoisotopic (exact) mass is 259 g/mol. The van der Waals surface area contributed by atoms with Crippen LogP contribution in [0.25, 0.3) is 0 Å². The van der Waals surface area contributed by atoms with Gasteiger partial charge in [-0.05, 0) is 31.5 Å². The van der Waals surface area contributed by atoms with Crippen molar-refractivity contribution in [1.29, 1.82) is 0 Å². The summed E-state index contributed by atoms with van der Waals surface area (Å²) < 4.78 is 7.84. The Kier molecular flexibility index (Phi) is 3.53. The molecular weight excluding hydrogens is 245 g/mol. The van der Waals surface area contributed by atoms with Crippen molar-refractivity contribution in [2.45, 2.75) is 5.25 Å². The van der Waals surface area contributed by atoms with Gasteiger partial charge in [0, 0.05) is 0 Å². The predicted octanol–water partition coefficient (Wildman–Crippen LogP) is 3.28. The van der Waals surface area contributed by atoms with E-state index >= 15 is 0 Å². The van der Waals surface area contributed by atoms with Crippen molar-refractivity contribution in [1.82, 2.24) is 4.67 Å². The Morgan fingerprint density at radius 1 is 1.40 bits per heavy atom. The van der Waals surface area contributed by atoms with Crippen LogP contribution in [-0.4, -0.2) is 25.4 Å². The number of hydrogen-bond donors (Lipinski definition) is 0. The minimum absolute atomic E-state index is 0.402. The van der Waals surface area contributed by atoms with E-state index in [2.05, 4.69) is 28.9 Å². The van der Waals surface area contributed by atoms with Crippen LogP contribution >= 0.6 is 17.0 Å². The van der Waals surface area contributed by atoms with Gasteiger partial charge < -0.3 is 4.52 Å². The lowest BCUT2D eigenvalue weighted by Crippen LogP contribution is -2.04. The Morgan fingerprint density at radius 3 is 2.60 bits per heavy atom. The van der Waals surface area contributed by atoms with Gasteiger partial charge in [0.1, 0.15) is 0 Å². The first kappa shape index (κ1) is 11.6. The molecule has 1 saturated heterocycles. The van der Waals surface area contributed by atoms with E-state index < -0.39 is 5.62 Å². The number of hydrogen-bond acceptors (Lipinski definition) is 3. The highest BCUT2D eigenvalue weighted by Crippen LogP contribution is 2.71. The first-order valence-electron chi connectivity index (χ1n) is 4.77. The molecule has 15 heavy (non-hydrogen) atoms. The van der Waals surface area contributed by atoms with Crippen LogP contribution in [0.5, 0.6) is 0 Å². The fourth-order valence-electron chi connectivity index (χ4n) is 1.42. The second kappa shape index (κ2) is 4.56. The molecular formula is C10H14NOPS2. The maximum absolute atomic E-state index is 5.78. The molecule has 0 amide bonds. The lowest BCUT2D eigenvalue weighted by molar-refractivity contribution is 0.348. The average molecular weight is 259 g/mol. The summed E-state index contributed by atoms with van der Waals surface area (Å²) in [6.45, 7) is 0.740. The SMILES string of the molecule is CN(C)P1(=S)OC[C@@H](c2ccccc2)S1. The molecule has 1 unspecified atom stereocenters. The minimum Gasteiger partial charge on any atom is -0.329 e. The lowest BCUT2D eigenvalue weighted by Gasteiger charge is -2.21. The highest BCUT2D eigenvalue weighted by molar-refractivity contribution is 8.69. The van der Waals surface area contributed by atoms with Crippen LogP contribution in [0.4, 0.5) is 0 Å². The molecule has 0 radical (unpaired) electrons. The third-order valence-electron chi connectivity index (χ3n) is 2.31. The number of benzene rings is 1. The van der Waals surface area contributed by atoms with Crippen LogP contribution in [0, 0.1) is 0 Å². The molecule has 2 atom stereocenters. The smallest absolute Gasteiger partial charge is 0.188 e. The second-order valence-corrected chi connectivity index (χ2v) is 10.7. The number of rotatable bonds is 2. The molecule has 2 nitrogen and oxygen atoms in total. The zero-order valence-electron chi connectivity index (χ0n) is 8.79. The molecule has 0 spiro atoms. The summed E-state index contributed by atoms with van der Waals surface area (Å²) >= 11 is 7.35. The Bertz CT molecular complexity index is 382. The molecule has 5 heteroatoms. The van der Waals surface area contributed by atoms with Crippen molar-refractivity contribution in [3.05, 3.63) is 35.9 Å². The molecule has 0 saturated carbocycles. The van der Waals surface area contributed by atoms with Crippen molar-refractivity contribution >= 4 is 28.8 Å². The van der Waals surface area contributed by atoms with Gasteiger partial charge in [-0.2, -0.15) is 0 Å². The van der Waals surface area contributed by atoms with Gasteiger partial charge in [0.15, 0.2) is 5.62 Å². The third-order valence-corrected chi connectivity index (χ3v) is 9.62. The molecule has 1 heterocycles. The van der Waals surface area contributed by atoms with E-state index in [0.29, 0.717) is 5.25 Å². The van der Waals surface area contributed by atoms with Gasteiger partial charge in [0.25, 0.3) is 0 Å². The summed E-state index contributed by atoms with van der Waals surface area (Å²) in [7, 11) is 4.00. The lowest BCUT2D eigenvalue weighted by atomic mass is 10.2. The Balaban J connectivity index is 2.15. The van der Waals surface area contributed by atoms with Crippen LogP contribution in [0.3, 0.4) is 0 Å². The molecule has 2 rings (SSSR count). The molecule has 1 aliphatic rings. The Labute approximate surface area is 99.9 Å². The summed E-state index contributed by atoms with van der Waals surface area (Å²) in [4.78, 5) is 0. The molecule has 1 aromatic rings. The molecule has 1 fully saturated rings. The summed E-state index contributed by atoms with van der Waals surface area (Å²) in [5, 5.41) is 0.402. The zero-order chi connectivity index (χ0) is 10.9. The van der Waals surface area contributed by atoms with E-state index in [9.17, 15) is 0 Å². The summed E-state index contributed by atoms with van der Waals surface area (Å²) in [5.41, 5.74) is -0.464. The summed E-state index contributed by atoms with van der Waals surface area (Å²) in [6, 6.07) is 10.4. The zero-order valence-corrected chi connectivity index (χ0v) is 11.3. The van der Waals surface area contributed by atoms with Crippen LogP contribution in [-0.2, 0) is 16.3 Å². The van der Waals surface area contributed by atoms with Crippen molar-refractivity contribution < 1.29 is 4.52 Å². The first-order chi connectivity index (χ1) is 7.12. The Morgan fingerprint density at radius 2 is 2.07 bits per heavy atom. The average Bonchev–Trinajstić information content (AvgIpc) is 2.64. The fourth-order valence-corrected chi connectivity index (χ4v) is 6.63. The quantitative estimate of drug-likeness (QED) is 0.755. The van der Waals surface area contributed by atoms with Gasteiger partial charge in [0.2, 0.25) is 0 Å². The topological polar surface area (TPSA) is 12.5 Å². The molecule has 0 aromatic heterocycles. The number of nitrogens with zero attached hydrogens (tertiary/aromatic N) is 1. The van der Waals surface area contributed by atoms with E-state index in [1.807, 2.05) is 20.2 Å². The normalized spacial score (nSPS) is 31.0. The van der Waals surface area contributed by atoms with Gasteiger partial charge >= 0.3 is 0 Å². The molecule has 1 aliphatic heterocycles. The van der Waals surface area contributed by atoms with Crippen molar-refractivity contribution in [3.8, 4) is 0 Å². The van der Waals surface area contributed by atoms with E-state index in [-0.39, 0.29) is 0 Å². The Hall–Kier alpha value is 0.140. The van der Waals surface area contributed by atoms with E-state index in [1.165, 1.54) is 5.56 Å². The summed E-state index contributed by atoms with van der Waals surface area (Å²) in [5.74, 6) is 0. The maximum atomic E-state index is 5.78. The van der Waals surface area contributed by atoms with Gasteiger partial charge in [-0.15, -0.1) is 0 Å². The third kappa shape index (κ3) is 2.45. The van der Waals surface area contributed by atoms with Crippen LogP contribution < -0.4 is 0 Å². The van der Waals surface area contributed by atoms with Gasteiger partial charge in [-0.3, -0.25) is 4.67 Å². The molecule has 82 valence electrons. The van der Waals surface area contributed by atoms with Gasteiger partial charge in [0.05, 0.1) is 11.9 Å². The second-order valence-electron chi connectivity index (χ2n) is 3.62. The van der Waals surface area contributed by atoms with Crippen LogP contribution in [0.2, 0.25) is 0 Å². The predicted molar refractivity (Wildman–Crippen MR) is 70.7 cm³/mol. The van der Waals surface area contributed by atoms with Crippen LogP contribution in [0.1, 0.15) is 10.8 Å². The molecule has 0 aliphatic carbocycles. The standard InChI is InChI=1S/C10H14NOPS2/c1-11(2)13(14)12-8-10(15-13)9-6-4-3-5-7-9/h3-7,10H,8H2,1-2H3/t10-,13?/m0/s1. The highest BCUT2D eigenvalue weighted by Gasteiger charge is 2.35. The van der Waals surface area contributed by atoms with Crippen LogP contribution in [0.15, 0.2) is 30.3 Å². The largest absolute Gasteiger partial charge is 0.329 e. The minimum atomic E-state index is -1.78. The molecule has 1 aromatic carbocycles. The highest BCUT2D eigenvalue weighted by atomic mass is 32.9. The maximum Gasteiger partial charge on any atom is 0.188 e. The van der Waals surface area contributed by atoms with E-state index in [0.717, 1.165) is 6.61 Å². The molecule has 0 N–H and O–H groups in total. The van der Waals surface area contributed by atoms with Crippen molar-refractivity contribution in [3.63, 3.8) is 0 Å². The van der Waals surface area contributed by atoms with Gasteiger partial charge in [-0.1, -0.05) is 41.7 Å². The fraction of sp³-hybridized carbons (Fsp3) is 0.400.